The van der Waals surface area contributed by atoms with Crippen LogP contribution in [0.2, 0.25) is 10.0 Å². The van der Waals surface area contributed by atoms with E-state index in [4.69, 9.17) is 23.2 Å². The fraction of sp³-hybridized carbons (Fsp3) is 0.200. The van der Waals surface area contributed by atoms with Crippen molar-refractivity contribution in [2.75, 3.05) is 5.32 Å². The lowest BCUT2D eigenvalue weighted by atomic mass is 10.2. The van der Waals surface area contributed by atoms with E-state index in [2.05, 4.69) is 5.32 Å². The average molecular weight is 291 g/mol. The number of carbonyl (C=O) groups is 2. The molecule has 1 rings (SSSR count). The van der Waals surface area contributed by atoms with Crippen molar-refractivity contribution in [1.82, 2.24) is 0 Å². The summed E-state index contributed by atoms with van der Waals surface area (Å²) < 4.78 is 0. The first kappa shape index (κ1) is 14.4. The van der Waals surface area contributed by atoms with Crippen molar-refractivity contribution in [3.63, 3.8) is 0 Å². The standard InChI is InChI=1S/C10H8Cl2N2O4/c1-5(15)2-10(16)13-8-3-6(11)7(12)4-9(8)14(17)18/h3-4H,2H2,1H3,(H,13,16). The Morgan fingerprint density at radius 1 is 1.33 bits per heavy atom. The van der Waals surface area contributed by atoms with E-state index in [-0.39, 0.29) is 33.6 Å². The van der Waals surface area contributed by atoms with Crippen molar-refractivity contribution in [3.05, 3.63) is 32.3 Å². The number of Topliss-reactive ketones (excluding diaryl/α,β-unsaturated/α-hetero) is 1. The topological polar surface area (TPSA) is 89.3 Å². The first-order valence-corrected chi connectivity index (χ1v) is 5.49. The molecule has 6 nitrogen and oxygen atoms in total. The van der Waals surface area contributed by atoms with Gasteiger partial charge >= 0.3 is 0 Å². The maximum absolute atomic E-state index is 11.4. The summed E-state index contributed by atoms with van der Waals surface area (Å²) in [6.45, 7) is 1.24. The molecule has 96 valence electrons. The molecule has 0 heterocycles. The largest absolute Gasteiger partial charge is 0.320 e. The van der Waals surface area contributed by atoms with E-state index in [0.29, 0.717) is 0 Å². The fourth-order valence-corrected chi connectivity index (χ4v) is 1.53. The highest BCUT2D eigenvalue weighted by Gasteiger charge is 2.19. The van der Waals surface area contributed by atoms with Crippen LogP contribution in [0, 0.1) is 10.1 Å². The van der Waals surface area contributed by atoms with Crippen molar-refractivity contribution in [3.8, 4) is 0 Å². The Balaban J connectivity index is 3.07. The highest BCUT2D eigenvalue weighted by molar-refractivity contribution is 6.42. The Hall–Kier alpha value is -1.66. The number of benzene rings is 1. The number of ketones is 1. The van der Waals surface area contributed by atoms with Gasteiger partial charge in [0.25, 0.3) is 5.69 Å². The van der Waals surface area contributed by atoms with Gasteiger partial charge in [-0.2, -0.15) is 0 Å². The van der Waals surface area contributed by atoms with Gasteiger partial charge in [0.15, 0.2) is 0 Å². The van der Waals surface area contributed by atoms with Crippen LogP contribution in [0.5, 0.6) is 0 Å². The molecule has 0 saturated carbocycles. The molecule has 0 saturated heterocycles. The predicted octanol–water partition coefficient (Wildman–Crippen LogP) is 2.82. The second-order valence-electron chi connectivity index (χ2n) is 3.47. The van der Waals surface area contributed by atoms with Crippen LogP contribution in [0.3, 0.4) is 0 Å². The number of nitrogens with zero attached hydrogens (tertiary/aromatic N) is 1. The second-order valence-corrected chi connectivity index (χ2v) is 4.28. The van der Waals surface area contributed by atoms with Crippen LogP contribution in [-0.4, -0.2) is 16.6 Å². The first-order valence-electron chi connectivity index (χ1n) is 4.74. The fourth-order valence-electron chi connectivity index (χ4n) is 1.21. The molecule has 0 bridgehead atoms. The maximum atomic E-state index is 11.4. The molecule has 0 radical (unpaired) electrons. The van der Waals surface area contributed by atoms with Crippen LogP contribution in [0.4, 0.5) is 11.4 Å². The Bertz CT molecular complexity index is 531. The van der Waals surface area contributed by atoms with Crippen molar-refractivity contribution in [2.24, 2.45) is 0 Å². The molecule has 0 aliphatic heterocycles. The molecule has 1 aromatic rings. The van der Waals surface area contributed by atoms with E-state index < -0.39 is 10.8 Å². The molecule has 1 aromatic carbocycles. The van der Waals surface area contributed by atoms with Crippen LogP contribution in [-0.2, 0) is 9.59 Å². The lowest BCUT2D eigenvalue weighted by Gasteiger charge is -2.06. The maximum Gasteiger partial charge on any atom is 0.294 e. The van der Waals surface area contributed by atoms with Crippen LogP contribution in [0.15, 0.2) is 12.1 Å². The van der Waals surface area contributed by atoms with Crippen molar-refractivity contribution < 1.29 is 14.5 Å². The van der Waals surface area contributed by atoms with Gasteiger partial charge in [0.05, 0.1) is 21.4 Å². The Morgan fingerprint density at radius 2 is 1.89 bits per heavy atom. The smallest absolute Gasteiger partial charge is 0.294 e. The zero-order valence-electron chi connectivity index (χ0n) is 9.20. The van der Waals surface area contributed by atoms with Crippen molar-refractivity contribution in [1.29, 1.82) is 0 Å². The molecule has 0 aromatic heterocycles. The minimum Gasteiger partial charge on any atom is -0.320 e. The van der Waals surface area contributed by atoms with Gasteiger partial charge in [0.2, 0.25) is 5.91 Å². The lowest BCUT2D eigenvalue weighted by Crippen LogP contribution is -2.15. The van der Waals surface area contributed by atoms with Crippen LogP contribution >= 0.6 is 23.2 Å². The Kier molecular flexibility index (Phi) is 4.63. The van der Waals surface area contributed by atoms with Crippen LogP contribution < -0.4 is 5.32 Å². The summed E-state index contributed by atoms with van der Waals surface area (Å²) in [7, 11) is 0. The van der Waals surface area contributed by atoms with Gasteiger partial charge in [-0.3, -0.25) is 19.7 Å². The monoisotopic (exact) mass is 290 g/mol. The lowest BCUT2D eigenvalue weighted by molar-refractivity contribution is -0.383. The molecular formula is C10H8Cl2N2O4. The Morgan fingerprint density at radius 3 is 2.39 bits per heavy atom. The van der Waals surface area contributed by atoms with E-state index in [1.54, 1.807) is 0 Å². The number of rotatable bonds is 4. The van der Waals surface area contributed by atoms with Crippen molar-refractivity contribution in [2.45, 2.75) is 13.3 Å². The number of hydrogen-bond donors (Lipinski definition) is 1. The molecule has 1 N–H and O–H groups in total. The van der Waals surface area contributed by atoms with E-state index in [1.807, 2.05) is 0 Å². The molecule has 0 spiro atoms. The summed E-state index contributed by atoms with van der Waals surface area (Å²) in [4.78, 5) is 32.2. The zero-order chi connectivity index (χ0) is 13.9. The van der Waals surface area contributed by atoms with Gasteiger partial charge in [0, 0.05) is 6.07 Å². The minimum atomic E-state index is -0.703. The van der Waals surface area contributed by atoms with Gasteiger partial charge in [-0.1, -0.05) is 23.2 Å². The van der Waals surface area contributed by atoms with Crippen LogP contribution in [0.25, 0.3) is 0 Å². The number of carbonyl (C=O) groups excluding carboxylic acids is 2. The molecule has 0 aliphatic carbocycles. The number of halogens is 2. The average Bonchev–Trinajstić information content (AvgIpc) is 2.21. The van der Waals surface area contributed by atoms with Gasteiger partial charge in [0.1, 0.15) is 11.5 Å². The van der Waals surface area contributed by atoms with E-state index in [1.165, 1.54) is 13.0 Å². The number of nitro benzene ring substituents is 1. The minimum absolute atomic E-state index is 0.00735. The summed E-state index contributed by atoms with van der Waals surface area (Å²) in [5.74, 6) is -1.00. The number of anilines is 1. The molecule has 8 heteroatoms. The highest BCUT2D eigenvalue weighted by atomic mass is 35.5. The summed E-state index contributed by atoms with van der Waals surface area (Å²) in [6.07, 6.45) is -0.364. The normalized spacial score (nSPS) is 9.94. The Labute approximate surface area is 112 Å². The number of nitrogens with one attached hydrogen (secondary N) is 1. The number of amides is 1. The number of nitro groups is 1. The summed E-state index contributed by atoms with van der Waals surface area (Å²) >= 11 is 11.4. The van der Waals surface area contributed by atoms with Crippen LogP contribution in [0.1, 0.15) is 13.3 Å². The molecule has 18 heavy (non-hydrogen) atoms. The molecule has 0 atom stereocenters. The predicted molar refractivity (Wildman–Crippen MR) is 67.0 cm³/mol. The number of hydrogen-bond acceptors (Lipinski definition) is 4. The molecule has 0 fully saturated rings. The van der Waals surface area contributed by atoms with Gasteiger partial charge in [-0.05, 0) is 13.0 Å². The summed E-state index contributed by atoms with van der Waals surface area (Å²) in [5, 5.41) is 13.1. The van der Waals surface area contributed by atoms with Gasteiger partial charge < -0.3 is 5.32 Å². The van der Waals surface area contributed by atoms with E-state index in [9.17, 15) is 19.7 Å². The SMILES string of the molecule is CC(=O)CC(=O)Nc1cc(Cl)c(Cl)cc1[N+](=O)[O-]. The third-order valence-electron chi connectivity index (χ3n) is 1.92. The zero-order valence-corrected chi connectivity index (χ0v) is 10.7. The molecular weight excluding hydrogens is 283 g/mol. The summed E-state index contributed by atoms with van der Waals surface area (Å²) in [6, 6.07) is 2.20. The third-order valence-corrected chi connectivity index (χ3v) is 2.64. The highest BCUT2D eigenvalue weighted by Crippen LogP contribution is 2.33. The van der Waals surface area contributed by atoms with E-state index in [0.717, 1.165) is 6.07 Å². The van der Waals surface area contributed by atoms with E-state index >= 15 is 0 Å². The molecule has 1 amide bonds. The summed E-state index contributed by atoms with van der Waals surface area (Å²) in [5.41, 5.74) is -0.484. The quantitative estimate of drug-likeness (QED) is 0.524. The van der Waals surface area contributed by atoms with Gasteiger partial charge in [-0.25, -0.2) is 0 Å². The van der Waals surface area contributed by atoms with Gasteiger partial charge in [-0.15, -0.1) is 0 Å². The first-order chi connectivity index (χ1) is 8.31. The third kappa shape index (κ3) is 3.68. The molecule has 0 unspecified atom stereocenters. The second kappa shape index (κ2) is 5.79. The molecule has 0 aliphatic rings. The van der Waals surface area contributed by atoms with Crippen molar-refractivity contribution >= 4 is 46.3 Å².